The van der Waals surface area contributed by atoms with Crippen LogP contribution in [0.4, 0.5) is 5.69 Å². The van der Waals surface area contributed by atoms with Gasteiger partial charge in [0.2, 0.25) is 10.0 Å². The van der Waals surface area contributed by atoms with E-state index in [0.717, 1.165) is 36.9 Å². The van der Waals surface area contributed by atoms with Crippen LogP contribution in [-0.4, -0.2) is 40.1 Å². The van der Waals surface area contributed by atoms with Crippen LogP contribution in [0.2, 0.25) is 0 Å². The van der Waals surface area contributed by atoms with Crippen molar-refractivity contribution in [3.63, 3.8) is 0 Å². The van der Waals surface area contributed by atoms with Crippen LogP contribution in [0.15, 0.2) is 53.4 Å². The first kappa shape index (κ1) is 19.1. The fourth-order valence-electron chi connectivity index (χ4n) is 3.79. The predicted molar refractivity (Wildman–Crippen MR) is 107 cm³/mol. The van der Waals surface area contributed by atoms with Crippen LogP contribution in [0.5, 0.6) is 0 Å². The molecule has 1 fully saturated rings. The molecule has 0 radical (unpaired) electrons. The number of amides is 1. The Bertz CT molecular complexity index is 968. The van der Waals surface area contributed by atoms with E-state index in [0.29, 0.717) is 18.7 Å². The Morgan fingerprint density at radius 3 is 2.82 bits per heavy atom. The number of fused-ring (bicyclic) bond motifs is 1. The van der Waals surface area contributed by atoms with Crippen molar-refractivity contribution in [3.8, 4) is 0 Å². The van der Waals surface area contributed by atoms with Gasteiger partial charge in [0, 0.05) is 30.9 Å². The van der Waals surface area contributed by atoms with Crippen LogP contribution in [0, 0.1) is 0 Å². The molecule has 0 unspecified atom stereocenters. The van der Waals surface area contributed by atoms with Crippen molar-refractivity contribution < 1.29 is 17.9 Å². The topological polar surface area (TPSA) is 75.7 Å². The van der Waals surface area contributed by atoms with E-state index in [1.807, 2.05) is 24.3 Å². The van der Waals surface area contributed by atoms with E-state index in [2.05, 4.69) is 4.72 Å². The maximum absolute atomic E-state index is 13.1. The number of carbonyl (C=O) groups is 1. The highest BCUT2D eigenvalue weighted by atomic mass is 32.2. The number of nitrogens with one attached hydrogen (secondary N) is 1. The molecule has 1 N–H and O–H groups in total. The van der Waals surface area contributed by atoms with E-state index < -0.39 is 10.0 Å². The number of para-hydroxylation sites is 1. The van der Waals surface area contributed by atoms with Crippen LogP contribution in [0.3, 0.4) is 0 Å². The molecule has 2 aliphatic rings. The zero-order valence-electron chi connectivity index (χ0n) is 15.6. The molecule has 6 nitrogen and oxygen atoms in total. The van der Waals surface area contributed by atoms with Crippen molar-refractivity contribution in [2.75, 3.05) is 24.6 Å². The number of carbonyl (C=O) groups excluding carboxylic acids is 1. The lowest BCUT2D eigenvalue weighted by atomic mass is 10.0. The maximum Gasteiger partial charge on any atom is 0.258 e. The van der Waals surface area contributed by atoms with Crippen LogP contribution >= 0.6 is 0 Å². The lowest BCUT2D eigenvalue weighted by Crippen LogP contribution is -2.35. The molecule has 1 amide bonds. The van der Waals surface area contributed by atoms with Gasteiger partial charge in [-0.1, -0.05) is 24.3 Å². The van der Waals surface area contributed by atoms with Crippen molar-refractivity contribution in [1.29, 1.82) is 0 Å². The molecule has 0 aliphatic carbocycles. The molecule has 28 heavy (non-hydrogen) atoms. The molecule has 1 saturated heterocycles. The molecule has 1 atom stereocenters. The van der Waals surface area contributed by atoms with E-state index in [1.165, 1.54) is 12.1 Å². The third-order valence-corrected chi connectivity index (χ3v) is 6.69. The van der Waals surface area contributed by atoms with Gasteiger partial charge in [-0.2, -0.15) is 0 Å². The molecule has 0 bridgehead atoms. The monoisotopic (exact) mass is 400 g/mol. The van der Waals surface area contributed by atoms with Gasteiger partial charge < -0.3 is 9.64 Å². The minimum atomic E-state index is -3.70. The van der Waals surface area contributed by atoms with Crippen molar-refractivity contribution in [1.82, 2.24) is 4.72 Å². The Hall–Kier alpha value is -2.22. The van der Waals surface area contributed by atoms with Gasteiger partial charge in [-0.25, -0.2) is 13.1 Å². The molecule has 4 rings (SSSR count). The molecular formula is C21H24N2O4S. The summed E-state index contributed by atoms with van der Waals surface area (Å²) in [7, 11) is -3.70. The number of sulfonamides is 1. The first-order chi connectivity index (χ1) is 13.5. The Morgan fingerprint density at radius 1 is 1.14 bits per heavy atom. The number of nitrogens with zero attached hydrogens (tertiary/aromatic N) is 1. The normalized spacial score (nSPS) is 19.4. The van der Waals surface area contributed by atoms with Gasteiger partial charge >= 0.3 is 0 Å². The third-order valence-electron chi connectivity index (χ3n) is 5.27. The Kier molecular flexibility index (Phi) is 5.48. The lowest BCUT2D eigenvalue weighted by Gasteiger charge is -2.29. The summed E-state index contributed by atoms with van der Waals surface area (Å²) in [6.07, 6.45) is 3.57. The molecule has 0 aromatic heterocycles. The summed E-state index contributed by atoms with van der Waals surface area (Å²) in [4.78, 5) is 14.9. The number of hydrogen-bond donors (Lipinski definition) is 1. The molecule has 7 heteroatoms. The number of aryl methyl sites for hydroxylation is 1. The summed E-state index contributed by atoms with van der Waals surface area (Å²) in [6, 6.07) is 14.1. The SMILES string of the molecule is O=C(c1cccc(S(=O)(=O)NC[C@@H]2CCCO2)c1)N1CCCc2ccccc21. The maximum atomic E-state index is 13.1. The number of rotatable bonds is 5. The van der Waals surface area contributed by atoms with Crippen molar-refractivity contribution in [2.24, 2.45) is 0 Å². The van der Waals surface area contributed by atoms with Crippen molar-refractivity contribution >= 4 is 21.6 Å². The summed E-state index contributed by atoms with van der Waals surface area (Å²) >= 11 is 0. The van der Waals surface area contributed by atoms with E-state index >= 15 is 0 Å². The summed E-state index contributed by atoms with van der Waals surface area (Å²) in [6.45, 7) is 1.55. The van der Waals surface area contributed by atoms with Crippen LogP contribution in [0.1, 0.15) is 35.2 Å². The van der Waals surface area contributed by atoms with Crippen molar-refractivity contribution in [2.45, 2.75) is 36.7 Å². The zero-order chi connectivity index (χ0) is 19.6. The summed E-state index contributed by atoms with van der Waals surface area (Å²) < 4.78 is 33.4. The lowest BCUT2D eigenvalue weighted by molar-refractivity contribution is 0.0985. The molecule has 2 heterocycles. The highest BCUT2D eigenvalue weighted by molar-refractivity contribution is 7.89. The average Bonchev–Trinajstić information content (AvgIpc) is 3.25. The highest BCUT2D eigenvalue weighted by Crippen LogP contribution is 2.28. The molecular weight excluding hydrogens is 376 g/mol. The highest BCUT2D eigenvalue weighted by Gasteiger charge is 2.25. The first-order valence-corrected chi connectivity index (χ1v) is 11.1. The Balaban J connectivity index is 1.54. The van der Waals surface area contributed by atoms with E-state index in [-0.39, 0.29) is 23.5 Å². The predicted octanol–water partition coefficient (Wildman–Crippen LogP) is 2.74. The van der Waals surface area contributed by atoms with E-state index in [9.17, 15) is 13.2 Å². The van der Waals surface area contributed by atoms with Gasteiger partial charge in [0.25, 0.3) is 5.91 Å². The number of anilines is 1. The number of ether oxygens (including phenoxy) is 1. The minimum Gasteiger partial charge on any atom is -0.377 e. The molecule has 2 aromatic carbocycles. The van der Waals surface area contributed by atoms with Gasteiger partial charge in [-0.05, 0) is 55.5 Å². The summed E-state index contributed by atoms with van der Waals surface area (Å²) in [5, 5.41) is 0. The van der Waals surface area contributed by atoms with Crippen LogP contribution in [-0.2, 0) is 21.2 Å². The first-order valence-electron chi connectivity index (χ1n) is 9.66. The van der Waals surface area contributed by atoms with E-state index in [1.54, 1.807) is 17.0 Å². The zero-order valence-corrected chi connectivity index (χ0v) is 16.5. The largest absolute Gasteiger partial charge is 0.377 e. The summed E-state index contributed by atoms with van der Waals surface area (Å²) in [5.41, 5.74) is 2.42. The summed E-state index contributed by atoms with van der Waals surface area (Å²) in [5.74, 6) is -0.177. The molecule has 0 spiro atoms. The van der Waals surface area contributed by atoms with Gasteiger partial charge in [0.05, 0.1) is 11.0 Å². The standard InChI is InChI=1S/C21H24N2O4S/c24-21(23-12-4-8-16-6-1-2-11-20(16)23)17-7-3-10-19(14-17)28(25,26)22-15-18-9-5-13-27-18/h1-3,6-7,10-11,14,18,22H,4-5,8-9,12-13,15H2/t18-/m0/s1. The van der Waals surface area contributed by atoms with Crippen molar-refractivity contribution in [3.05, 3.63) is 59.7 Å². The van der Waals surface area contributed by atoms with E-state index in [4.69, 9.17) is 4.74 Å². The van der Waals surface area contributed by atoms with Gasteiger partial charge in [0.1, 0.15) is 0 Å². The van der Waals surface area contributed by atoms with Gasteiger partial charge in [0.15, 0.2) is 0 Å². The second-order valence-corrected chi connectivity index (χ2v) is 8.97. The quantitative estimate of drug-likeness (QED) is 0.837. The average molecular weight is 401 g/mol. The fourth-order valence-corrected chi connectivity index (χ4v) is 4.90. The van der Waals surface area contributed by atoms with Gasteiger partial charge in [-0.3, -0.25) is 4.79 Å². The molecule has 2 aromatic rings. The Labute approximate surface area is 165 Å². The molecule has 148 valence electrons. The molecule has 2 aliphatic heterocycles. The fraction of sp³-hybridized carbons (Fsp3) is 0.381. The minimum absolute atomic E-state index is 0.0792. The third kappa shape index (κ3) is 3.97. The van der Waals surface area contributed by atoms with Crippen LogP contribution in [0.25, 0.3) is 0 Å². The second kappa shape index (κ2) is 8.03. The second-order valence-electron chi connectivity index (χ2n) is 7.20. The van der Waals surface area contributed by atoms with Crippen LogP contribution < -0.4 is 9.62 Å². The molecule has 0 saturated carbocycles. The smallest absolute Gasteiger partial charge is 0.258 e. The van der Waals surface area contributed by atoms with Gasteiger partial charge in [-0.15, -0.1) is 0 Å². The Morgan fingerprint density at radius 2 is 2.00 bits per heavy atom. The number of benzene rings is 2. The number of hydrogen-bond acceptors (Lipinski definition) is 4.